The third-order valence-electron chi connectivity index (χ3n) is 4.59. The van der Waals surface area contributed by atoms with Crippen LogP contribution >= 0.6 is 0 Å². The lowest BCUT2D eigenvalue weighted by molar-refractivity contribution is -0.131. The van der Waals surface area contributed by atoms with Gasteiger partial charge in [0, 0.05) is 63.3 Å². The quantitative estimate of drug-likeness (QED) is 0.787. The number of amides is 1. The van der Waals surface area contributed by atoms with Crippen LogP contribution in [0.15, 0.2) is 30.5 Å². The Morgan fingerprint density at radius 3 is 2.72 bits per heavy atom. The Labute approximate surface area is 149 Å². The van der Waals surface area contributed by atoms with E-state index in [9.17, 15) is 4.79 Å². The third-order valence-corrected chi connectivity index (χ3v) is 4.59. The number of anilines is 1. The highest BCUT2D eigenvalue weighted by Gasteiger charge is 2.20. The average Bonchev–Trinajstić information content (AvgIpc) is 3.04. The first-order chi connectivity index (χ1) is 12.1. The van der Waals surface area contributed by atoms with Crippen molar-refractivity contribution in [2.45, 2.75) is 26.8 Å². The summed E-state index contributed by atoms with van der Waals surface area (Å²) in [5.41, 5.74) is 3.58. The summed E-state index contributed by atoms with van der Waals surface area (Å²) < 4.78 is 0. The number of piperazine rings is 1. The summed E-state index contributed by atoms with van der Waals surface area (Å²) in [6, 6.07) is 8.56. The van der Waals surface area contributed by atoms with E-state index in [2.05, 4.69) is 51.4 Å². The molecule has 1 aliphatic heterocycles. The molecule has 0 radical (unpaired) electrons. The number of hydrogen-bond donors (Lipinski definition) is 2. The molecule has 0 unspecified atom stereocenters. The van der Waals surface area contributed by atoms with Crippen molar-refractivity contribution in [2.75, 3.05) is 37.6 Å². The molecule has 1 fully saturated rings. The van der Waals surface area contributed by atoms with Crippen LogP contribution in [0.2, 0.25) is 0 Å². The number of aryl methyl sites for hydroxylation is 2. The molecule has 1 amide bonds. The molecule has 0 atom stereocenters. The minimum atomic E-state index is 0.234. The second-order valence-electron chi connectivity index (χ2n) is 6.63. The van der Waals surface area contributed by atoms with Crippen LogP contribution in [0.3, 0.4) is 0 Å². The Kier molecular flexibility index (Phi) is 5.71. The maximum Gasteiger partial charge on any atom is 0.223 e. The van der Waals surface area contributed by atoms with Crippen LogP contribution in [0.25, 0.3) is 0 Å². The predicted molar refractivity (Wildman–Crippen MR) is 99.6 cm³/mol. The van der Waals surface area contributed by atoms with Gasteiger partial charge in [-0.2, -0.15) is 0 Å². The number of carbonyl (C=O) groups excluding carboxylic acids is 1. The minimum absolute atomic E-state index is 0.234. The van der Waals surface area contributed by atoms with Gasteiger partial charge >= 0.3 is 0 Å². The van der Waals surface area contributed by atoms with Crippen molar-refractivity contribution in [1.29, 1.82) is 0 Å². The number of carbonyl (C=O) groups is 1. The molecule has 3 rings (SSSR count). The molecular formula is C19H27N5O. The van der Waals surface area contributed by atoms with E-state index in [1.54, 1.807) is 0 Å². The van der Waals surface area contributed by atoms with Gasteiger partial charge in [0.25, 0.3) is 0 Å². The minimum Gasteiger partial charge on any atom is -0.368 e. The number of aromatic amines is 1. The van der Waals surface area contributed by atoms with Crippen LogP contribution in [0, 0.1) is 13.8 Å². The first kappa shape index (κ1) is 17.5. The fraction of sp³-hybridized carbons (Fsp3) is 0.474. The summed E-state index contributed by atoms with van der Waals surface area (Å²) in [5.74, 6) is 1.15. The Morgan fingerprint density at radius 1 is 1.24 bits per heavy atom. The molecule has 1 aromatic carbocycles. The fourth-order valence-corrected chi connectivity index (χ4v) is 3.18. The average molecular weight is 341 g/mol. The van der Waals surface area contributed by atoms with E-state index >= 15 is 0 Å². The van der Waals surface area contributed by atoms with Crippen molar-refractivity contribution in [3.63, 3.8) is 0 Å². The summed E-state index contributed by atoms with van der Waals surface area (Å²) in [4.78, 5) is 24.0. The first-order valence-electron chi connectivity index (χ1n) is 8.92. The maximum absolute atomic E-state index is 12.4. The molecule has 0 saturated carbocycles. The normalized spacial score (nSPS) is 14.8. The predicted octanol–water partition coefficient (Wildman–Crippen LogP) is 1.86. The van der Waals surface area contributed by atoms with Gasteiger partial charge in [-0.3, -0.25) is 4.79 Å². The summed E-state index contributed by atoms with van der Waals surface area (Å²) in [6.07, 6.45) is 2.37. The van der Waals surface area contributed by atoms with E-state index in [1.165, 1.54) is 11.3 Å². The summed E-state index contributed by atoms with van der Waals surface area (Å²) in [5, 5.41) is 3.30. The number of hydrogen-bond acceptors (Lipinski definition) is 4. The Morgan fingerprint density at radius 2 is 2.04 bits per heavy atom. The molecule has 1 aromatic heterocycles. The molecule has 0 spiro atoms. The summed E-state index contributed by atoms with van der Waals surface area (Å²) in [7, 11) is 0. The molecule has 1 aliphatic rings. The zero-order chi connectivity index (χ0) is 17.6. The van der Waals surface area contributed by atoms with Crippen molar-refractivity contribution in [3.8, 4) is 0 Å². The second kappa shape index (κ2) is 8.16. The number of nitrogens with zero attached hydrogens (tertiary/aromatic N) is 3. The van der Waals surface area contributed by atoms with Gasteiger partial charge in [-0.15, -0.1) is 0 Å². The zero-order valence-corrected chi connectivity index (χ0v) is 15.1. The van der Waals surface area contributed by atoms with Crippen LogP contribution in [-0.4, -0.2) is 53.5 Å². The highest BCUT2D eigenvalue weighted by Crippen LogP contribution is 2.18. The number of benzene rings is 1. The lowest BCUT2D eigenvalue weighted by atomic mass is 10.2. The van der Waals surface area contributed by atoms with E-state index in [1.807, 2.05) is 18.0 Å². The lowest BCUT2D eigenvalue weighted by Crippen LogP contribution is -2.49. The molecule has 6 heteroatoms. The highest BCUT2D eigenvalue weighted by atomic mass is 16.2. The monoisotopic (exact) mass is 341 g/mol. The molecule has 0 bridgehead atoms. The number of H-pyrrole nitrogens is 1. The van der Waals surface area contributed by atoms with Gasteiger partial charge in [0.15, 0.2) is 0 Å². The lowest BCUT2D eigenvalue weighted by Gasteiger charge is -2.36. The fourth-order valence-electron chi connectivity index (χ4n) is 3.18. The van der Waals surface area contributed by atoms with Gasteiger partial charge in [0.05, 0.1) is 0 Å². The summed E-state index contributed by atoms with van der Waals surface area (Å²) in [6.45, 7) is 8.85. The Balaban J connectivity index is 1.38. The SMILES string of the molecule is Cc1cccc(N2CCN(C(=O)CCNCc3cnc(C)[nH]3)CC2)c1. The molecular weight excluding hydrogens is 314 g/mol. The molecule has 1 saturated heterocycles. The second-order valence-corrected chi connectivity index (χ2v) is 6.63. The van der Waals surface area contributed by atoms with Crippen LogP contribution in [0.5, 0.6) is 0 Å². The van der Waals surface area contributed by atoms with Crippen molar-refractivity contribution in [3.05, 3.63) is 47.5 Å². The molecule has 6 nitrogen and oxygen atoms in total. The first-order valence-corrected chi connectivity index (χ1v) is 8.92. The van der Waals surface area contributed by atoms with Crippen molar-refractivity contribution in [2.24, 2.45) is 0 Å². The number of imidazole rings is 1. The molecule has 134 valence electrons. The van der Waals surface area contributed by atoms with Crippen LogP contribution in [0.4, 0.5) is 5.69 Å². The van der Waals surface area contributed by atoms with Gasteiger partial charge in [0.1, 0.15) is 5.82 Å². The topological polar surface area (TPSA) is 64.3 Å². The number of aromatic nitrogens is 2. The third kappa shape index (κ3) is 4.82. The van der Waals surface area contributed by atoms with Gasteiger partial charge in [-0.25, -0.2) is 4.98 Å². The maximum atomic E-state index is 12.4. The molecule has 2 N–H and O–H groups in total. The van der Waals surface area contributed by atoms with E-state index < -0.39 is 0 Å². The molecule has 0 aliphatic carbocycles. The molecule has 25 heavy (non-hydrogen) atoms. The van der Waals surface area contributed by atoms with Gasteiger partial charge < -0.3 is 20.1 Å². The Bertz CT molecular complexity index is 703. The van der Waals surface area contributed by atoms with Crippen LogP contribution in [0.1, 0.15) is 23.5 Å². The summed E-state index contributed by atoms with van der Waals surface area (Å²) >= 11 is 0. The van der Waals surface area contributed by atoms with Gasteiger partial charge in [-0.1, -0.05) is 12.1 Å². The van der Waals surface area contributed by atoms with Crippen LogP contribution in [-0.2, 0) is 11.3 Å². The van der Waals surface area contributed by atoms with E-state index in [-0.39, 0.29) is 5.91 Å². The Hall–Kier alpha value is -2.34. The highest BCUT2D eigenvalue weighted by molar-refractivity contribution is 5.76. The molecule has 2 heterocycles. The van der Waals surface area contributed by atoms with Gasteiger partial charge in [0.2, 0.25) is 5.91 Å². The smallest absolute Gasteiger partial charge is 0.223 e. The van der Waals surface area contributed by atoms with Gasteiger partial charge in [-0.05, 0) is 31.5 Å². The van der Waals surface area contributed by atoms with E-state index in [4.69, 9.17) is 0 Å². The van der Waals surface area contributed by atoms with E-state index in [0.717, 1.165) is 44.2 Å². The number of rotatable bonds is 6. The number of nitrogens with one attached hydrogen (secondary N) is 2. The molecule has 2 aromatic rings. The van der Waals surface area contributed by atoms with Crippen molar-refractivity contribution < 1.29 is 4.79 Å². The van der Waals surface area contributed by atoms with Crippen molar-refractivity contribution in [1.82, 2.24) is 20.2 Å². The van der Waals surface area contributed by atoms with Crippen LogP contribution < -0.4 is 10.2 Å². The van der Waals surface area contributed by atoms with E-state index in [0.29, 0.717) is 13.0 Å². The largest absolute Gasteiger partial charge is 0.368 e. The zero-order valence-electron chi connectivity index (χ0n) is 15.1. The standard InChI is InChI=1S/C19H27N5O/c1-15-4-3-5-18(12-15)23-8-10-24(11-9-23)19(25)6-7-20-13-17-14-21-16(2)22-17/h3-5,12,14,20H,6-11,13H2,1-2H3,(H,21,22). The van der Waals surface area contributed by atoms with Crippen molar-refractivity contribution >= 4 is 11.6 Å².